The van der Waals surface area contributed by atoms with Crippen LogP contribution in [0.1, 0.15) is 5.56 Å². The van der Waals surface area contributed by atoms with E-state index >= 15 is 0 Å². The van der Waals surface area contributed by atoms with Gasteiger partial charge in [0.25, 0.3) is 0 Å². The van der Waals surface area contributed by atoms with Crippen LogP contribution in [0.15, 0.2) is 43.1 Å². The number of rotatable bonds is 2. The average Bonchev–Trinajstić information content (AvgIpc) is 2.27. The highest BCUT2D eigenvalue weighted by atomic mass is 79.9. The molecule has 0 N–H and O–H groups in total. The molecular weight excluding hydrogens is 238 g/mol. The predicted molar refractivity (Wildman–Crippen MR) is 64.6 cm³/mol. The highest BCUT2D eigenvalue weighted by Crippen LogP contribution is 2.18. The molecule has 0 saturated heterocycles. The molecule has 2 rings (SSSR count). The molecular formula is C12H10BrN. The van der Waals surface area contributed by atoms with Gasteiger partial charge in [-0.2, -0.15) is 0 Å². The van der Waals surface area contributed by atoms with Crippen molar-refractivity contribution in [3.05, 3.63) is 48.7 Å². The van der Waals surface area contributed by atoms with E-state index in [1.807, 2.05) is 24.4 Å². The lowest BCUT2D eigenvalue weighted by Crippen LogP contribution is -1.86. The van der Waals surface area contributed by atoms with E-state index in [4.69, 9.17) is 0 Å². The molecule has 0 spiro atoms. The van der Waals surface area contributed by atoms with Crippen LogP contribution in [0.2, 0.25) is 0 Å². The molecule has 1 nitrogen and oxygen atoms in total. The van der Waals surface area contributed by atoms with Crippen LogP contribution < -0.4 is 0 Å². The third-order valence-corrected chi connectivity index (χ3v) is 2.84. The summed E-state index contributed by atoms with van der Waals surface area (Å²) >= 11 is 3.39. The van der Waals surface area contributed by atoms with Gasteiger partial charge in [0.1, 0.15) is 0 Å². The first kappa shape index (κ1) is 9.41. The largest absolute Gasteiger partial charge is 0.256 e. The standard InChI is InChI=1S/C12H10BrN/c1-9(7-13)11-6-10-4-2-3-5-12(10)14-8-11/h2-6,8H,1,7H2. The van der Waals surface area contributed by atoms with Gasteiger partial charge >= 0.3 is 0 Å². The first-order valence-corrected chi connectivity index (χ1v) is 5.52. The van der Waals surface area contributed by atoms with Gasteiger partial charge in [-0.05, 0) is 23.3 Å². The molecule has 0 aliphatic heterocycles. The summed E-state index contributed by atoms with van der Waals surface area (Å²) in [6.45, 7) is 3.96. The minimum atomic E-state index is 0.785. The average molecular weight is 248 g/mol. The molecule has 0 aliphatic carbocycles. The van der Waals surface area contributed by atoms with Gasteiger partial charge in [0.2, 0.25) is 0 Å². The Morgan fingerprint density at radius 3 is 2.93 bits per heavy atom. The Bertz CT molecular complexity index is 476. The number of nitrogens with zero attached hydrogens (tertiary/aromatic N) is 1. The number of halogens is 1. The molecule has 1 aromatic heterocycles. The van der Waals surface area contributed by atoms with Gasteiger partial charge in [0.15, 0.2) is 0 Å². The summed E-state index contributed by atoms with van der Waals surface area (Å²) in [5.74, 6) is 0. The maximum Gasteiger partial charge on any atom is 0.0702 e. The fraction of sp³-hybridized carbons (Fsp3) is 0.0833. The molecule has 0 unspecified atom stereocenters. The van der Waals surface area contributed by atoms with E-state index in [0.717, 1.165) is 27.4 Å². The van der Waals surface area contributed by atoms with Crippen LogP contribution in [0.4, 0.5) is 0 Å². The van der Waals surface area contributed by atoms with Crippen molar-refractivity contribution in [1.29, 1.82) is 0 Å². The Balaban J connectivity index is 2.56. The van der Waals surface area contributed by atoms with Gasteiger partial charge in [0.05, 0.1) is 5.52 Å². The third-order valence-electron chi connectivity index (χ3n) is 2.16. The second kappa shape index (κ2) is 3.93. The normalized spacial score (nSPS) is 10.4. The van der Waals surface area contributed by atoms with Crippen molar-refractivity contribution in [3.8, 4) is 0 Å². The van der Waals surface area contributed by atoms with E-state index in [-0.39, 0.29) is 0 Å². The Kier molecular flexibility index (Phi) is 2.64. The number of hydrogen-bond donors (Lipinski definition) is 0. The number of fused-ring (bicyclic) bond motifs is 1. The first-order valence-electron chi connectivity index (χ1n) is 4.40. The van der Waals surface area contributed by atoms with E-state index in [1.54, 1.807) is 0 Å². The zero-order valence-electron chi connectivity index (χ0n) is 7.70. The second-order valence-electron chi connectivity index (χ2n) is 3.15. The summed E-state index contributed by atoms with van der Waals surface area (Å²) < 4.78 is 0. The van der Waals surface area contributed by atoms with Crippen LogP contribution in [-0.4, -0.2) is 10.3 Å². The van der Waals surface area contributed by atoms with E-state index in [0.29, 0.717) is 0 Å². The molecule has 1 aromatic carbocycles. The van der Waals surface area contributed by atoms with E-state index < -0.39 is 0 Å². The maximum absolute atomic E-state index is 4.37. The second-order valence-corrected chi connectivity index (χ2v) is 3.71. The number of para-hydroxylation sites is 1. The number of pyridine rings is 1. The summed E-state index contributed by atoms with van der Waals surface area (Å²) in [4.78, 5) is 4.37. The molecule has 0 atom stereocenters. The lowest BCUT2D eigenvalue weighted by molar-refractivity contribution is 1.38. The van der Waals surface area contributed by atoms with Crippen molar-refractivity contribution in [2.45, 2.75) is 0 Å². The monoisotopic (exact) mass is 247 g/mol. The number of benzene rings is 1. The third kappa shape index (κ3) is 1.70. The molecule has 2 heteroatoms. The fourth-order valence-corrected chi connectivity index (χ4v) is 1.67. The Morgan fingerprint density at radius 2 is 2.14 bits per heavy atom. The lowest BCUT2D eigenvalue weighted by Gasteiger charge is -2.02. The maximum atomic E-state index is 4.37. The molecule has 0 aliphatic rings. The smallest absolute Gasteiger partial charge is 0.0702 e. The molecule has 70 valence electrons. The van der Waals surface area contributed by atoms with Crippen LogP contribution in [-0.2, 0) is 0 Å². The van der Waals surface area contributed by atoms with Crippen LogP contribution in [0.5, 0.6) is 0 Å². The Labute approximate surface area is 91.6 Å². The molecule has 0 saturated carbocycles. The minimum Gasteiger partial charge on any atom is -0.256 e. The van der Waals surface area contributed by atoms with Crippen molar-refractivity contribution in [1.82, 2.24) is 4.98 Å². The van der Waals surface area contributed by atoms with Crippen molar-refractivity contribution in [2.24, 2.45) is 0 Å². The van der Waals surface area contributed by atoms with Gasteiger partial charge in [-0.3, -0.25) is 4.98 Å². The van der Waals surface area contributed by atoms with Crippen molar-refractivity contribution in [3.63, 3.8) is 0 Å². The SMILES string of the molecule is C=C(CBr)c1cnc2ccccc2c1. The Morgan fingerprint density at radius 1 is 1.36 bits per heavy atom. The van der Waals surface area contributed by atoms with Crippen LogP contribution in [0.25, 0.3) is 16.5 Å². The van der Waals surface area contributed by atoms with Gasteiger partial charge < -0.3 is 0 Å². The molecule has 0 radical (unpaired) electrons. The minimum absolute atomic E-state index is 0.785. The number of allylic oxidation sites excluding steroid dienone is 1. The highest BCUT2D eigenvalue weighted by Gasteiger charge is 1.99. The highest BCUT2D eigenvalue weighted by molar-refractivity contribution is 9.09. The topological polar surface area (TPSA) is 12.9 Å². The van der Waals surface area contributed by atoms with E-state index in [2.05, 4.69) is 39.6 Å². The van der Waals surface area contributed by atoms with Crippen molar-refractivity contribution in [2.75, 3.05) is 5.33 Å². The summed E-state index contributed by atoms with van der Waals surface area (Å²) in [5.41, 5.74) is 3.18. The fourth-order valence-electron chi connectivity index (χ4n) is 1.34. The van der Waals surface area contributed by atoms with Gasteiger partial charge in [-0.1, -0.05) is 40.7 Å². The van der Waals surface area contributed by atoms with Crippen LogP contribution in [0, 0.1) is 0 Å². The van der Waals surface area contributed by atoms with Crippen LogP contribution in [0.3, 0.4) is 0 Å². The summed E-state index contributed by atoms with van der Waals surface area (Å²) in [6, 6.07) is 10.2. The lowest BCUT2D eigenvalue weighted by atomic mass is 10.1. The van der Waals surface area contributed by atoms with Crippen LogP contribution >= 0.6 is 15.9 Å². The molecule has 2 aromatic rings. The molecule has 0 amide bonds. The summed E-state index contributed by atoms with van der Waals surface area (Å²) in [5, 5.41) is 1.94. The zero-order chi connectivity index (χ0) is 9.97. The Hall–Kier alpha value is -1.15. The number of alkyl halides is 1. The van der Waals surface area contributed by atoms with Gasteiger partial charge in [-0.25, -0.2) is 0 Å². The predicted octanol–water partition coefficient (Wildman–Crippen LogP) is 3.64. The molecule has 0 bridgehead atoms. The number of hydrogen-bond acceptors (Lipinski definition) is 1. The van der Waals surface area contributed by atoms with Crippen molar-refractivity contribution < 1.29 is 0 Å². The van der Waals surface area contributed by atoms with E-state index in [9.17, 15) is 0 Å². The zero-order valence-corrected chi connectivity index (χ0v) is 9.29. The summed E-state index contributed by atoms with van der Waals surface area (Å²) in [7, 11) is 0. The van der Waals surface area contributed by atoms with Gasteiger partial charge in [-0.15, -0.1) is 0 Å². The summed E-state index contributed by atoms with van der Waals surface area (Å²) in [6.07, 6.45) is 1.87. The quantitative estimate of drug-likeness (QED) is 0.739. The molecule has 1 heterocycles. The first-order chi connectivity index (χ1) is 6.81. The van der Waals surface area contributed by atoms with Crippen molar-refractivity contribution >= 4 is 32.4 Å². The number of aromatic nitrogens is 1. The van der Waals surface area contributed by atoms with Gasteiger partial charge in [0, 0.05) is 16.9 Å². The van der Waals surface area contributed by atoms with E-state index in [1.165, 1.54) is 0 Å². The molecule has 14 heavy (non-hydrogen) atoms. The molecule has 0 fully saturated rings.